The van der Waals surface area contributed by atoms with Crippen molar-refractivity contribution in [3.63, 3.8) is 0 Å². The van der Waals surface area contributed by atoms with Crippen LogP contribution in [0.25, 0.3) is 0 Å². The number of halogens is 1. The van der Waals surface area contributed by atoms with Crippen molar-refractivity contribution < 1.29 is 4.79 Å². The topological polar surface area (TPSA) is 76.9 Å². The fourth-order valence-electron chi connectivity index (χ4n) is 1.70. The van der Waals surface area contributed by atoms with E-state index in [1.54, 1.807) is 6.08 Å². The molecular weight excluding hydrogens is 308 g/mol. The number of rotatable bonds is 2. The van der Waals surface area contributed by atoms with E-state index in [1.807, 2.05) is 37.3 Å². The summed E-state index contributed by atoms with van der Waals surface area (Å²) in [7, 11) is 0. The molecule has 2 aliphatic rings. The molecule has 110 valence electrons. The Morgan fingerprint density at radius 1 is 1.43 bits per heavy atom. The van der Waals surface area contributed by atoms with Crippen LogP contribution in [-0.2, 0) is 4.79 Å². The summed E-state index contributed by atoms with van der Waals surface area (Å²) in [4.78, 5) is 11.2. The molecule has 1 amide bonds. The van der Waals surface area contributed by atoms with Crippen molar-refractivity contribution in [3.05, 3.63) is 36.1 Å². The number of nitrogens with zero attached hydrogens (tertiary/aromatic N) is 1. The number of hydrazine groups is 1. The minimum absolute atomic E-state index is 0.236. The molecule has 0 heterocycles. The number of carbonyl (C=O) groups is 1. The van der Waals surface area contributed by atoms with E-state index < -0.39 is 10.3 Å². The highest BCUT2D eigenvalue weighted by molar-refractivity contribution is 7.80. The van der Waals surface area contributed by atoms with Crippen LogP contribution in [0.2, 0.25) is 0 Å². The molecule has 2 rings (SSSR count). The summed E-state index contributed by atoms with van der Waals surface area (Å²) in [6.07, 6.45) is 10.3. The van der Waals surface area contributed by atoms with E-state index in [0.717, 1.165) is 5.70 Å². The Bertz CT molecular complexity index is 597. The standard InChI is InChI=1S/C14H15ClN4OS/c1-13(15)5-2-3-10(4-6-13)17-12(21)19-18-11(20)14(9-16)7-8-14/h2-6H,7-8H2,1H3,(H,18,20)(H2,17,19,21). The van der Waals surface area contributed by atoms with Crippen LogP contribution in [0.1, 0.15) is 19.8 Å². The molecule has 21 heavy (non-hydrogen) atoms. The Labute approximate surface area is 133 Å². The lowest BCUT2D eigenvalue weighted by atomic mass is 10.1. The van der Waals surface area contributed by atoms with Gasteiger partial charge in [-0.1, -0.05) is 18.2 Å². The number of nitrogens with one attached hydrogen (secondary N) is 3. The van der Waals surface area contributed by atoms with E-state index in [-0.39, 0.29) is 11.0 Å². The molecule has 0 aromatic rings. The molecule has 1 unspecified atom stereocenters. The average Bonchev–Trinajstić information content (AvgIpc) is 3.23. The predicted octanol–water partition coefficient (Wildman–Crippen LogP) is 1.79. The van der Waals surface area contributed by atoms with Gasteiger partial charge >= 0.3 is 0 Å². The summed E-state index contributed by atoms with van der Waals surface area (Å²) < 4.78 is 0. The van der Waals surface area contributed by atoms with Crippen LogP contribution in [0.4, 0.5) is 0 Å². The zero-order valence-electron chi connectivity index (χ0n) is 11.4. The van der Waals surface area contributed by atoms with E-state index in [2.05, 4.69) is 16.2 Å². The van der Waals surface area contributed by atoms with E-state index in [0.29, 0.717) is 12.8 Å². The molecule has 7 heteroatoms. The zero-order valence-corrected chi connectivity index (χ0v) is 13.0. The van der Waals surface area contributed by atoms with Crippen molar-refractivity contribution in [1.29, 1.82) is 5.26 Å². The summed E-state index contributed by atoms with van der Waals surface area (Å²) in [5.41, 5.74) is 4.89. The van der Waals surface area contributed by atoms with Gasteiger partial charge in [0.05, 0.1) is 10.9 Å². The molecule has 0 bridgehead atoms. The van der Waals surface area contributed by atoms with E-state index in [1.165, 1.54) is 0 Å². The maximum Gasteiger partial charge on any atom is 0.258 e. The highest BCUT2D eigenvalue weighted by Gasteiger charge is 2.50. The van der Waals surface area contributed by atoms with E-state index >= 15 is 0 Å². The number of amides is 1. The van der Waals surface area contributed by atoms with Crippen LogP contribution in [0.3, 0.4) is 0 Å². The molecule has 0 aliphatic heterocycles. The van der Waals surface area contributed by atoms with Crippen molar-refractivity contribution in [3.8, 4) is 6.07 Å². The number of allylic oxidation sites excluding steroid dienone is 5. The van der Waals surface area contributed by atoms with Crippen LogP contribution < -0.4 is 16.2 Å². The smallest absolute Gasteiger partial charge is 0.258 e. The number of alkyl halides is 1. The van der Waals surface area contributed by atoms with Gasteiger partial charge in [-0.15, -0.1) is 11.6 Å². The van der Waals surface area contributed by atoms with Gasteiger partial charge in [-0.25, -0.2) is 0 Å². The first kappa shape index (κ1) is 15.5. The molecule has 0 aromatic heterocycles. The number of hydrogen-bond acceptors (Lipinski definition) is 3. The number of hydrogen-bond donors (Lipinski definition) is 3. The summed E-state index contributed by atoms with van der Waals surface area (Å²) in [5.74, 6) is -0.354. The van der Waals surface area contributed by atoms with Gasteiger partial charge in [-0.05, 0) is 44.1 Å². The van der Waals surface area contributed by atoms with Crippen molar-refractivity contribution in [2.75, 3.05) is 0 Å². The first-order valence-corrected chi connectivity index (χ1v) is 7.22. The molecule has 1 saturated carbocycles. The summed E-state index contributed by atoms with van der Waals surface area (Å²) in [6, 6.07) is 2.01. The molecular formula is C14H15ClN4OS. The quantitative estimate of drug-likeness (QED) is 0.410. The molecule has 0 spiro atoms. The summed E-state index contributed by atoms with van der Waals surface area (Å²) in [5, 5.41) is 12.1. The normalized spacial score (nSPS) is 25.1. The zero-order chi connectivity index (χ0) is 15.5. The largest absolute Gasteiger partial charge is 0.331 e. The Morgan fingerprint density at radius 3 is 2.76 bits per heavy atom. The Kier molecular flexibility index (Phi) is 4.35. The van der Waals surface area contributed by atoms with Gasteiger partial charge in [0.1, 0.15) is 5.41 Å². The number of carbonyl (C=O) groups excluding carboxylic acids is 1. The van der Waals surface area contributed by atoms with Crippen LogP contribution in [0.5, 0.6) is 0 Å². The van der Waals surface area contributed by atoms with Gasteiger partial charge in [-0.2, -0.15) is 5.26 Å². The van der Waals surface area contributed by atoms with E-state index in [9.17, 15) is 4.79 Å². The van der Waals surface area contributed by atoms with Gasteiger partial charge in [0.15, 0.2) is 5.11 Å². The highest BCUT2D eigenvalue weighted by Crippen LogP contribution is 2.44. The molecule has 0 radical (unpaired) electrons. The third kappa shape index (κ3) is 4.06. The fraction of sp³-hybridized carbons (Fsp3) is 0.357. The number of thiocarbonyl (C=S) groups is 1. The SMILES string of the molecule is CC1(Cl)C=CC=C(NC(=S)NNC(=O)C2(C#N)CC2)C=C1. The van der Waals surface area contributed by atoms with Crippen molar-refractivity contribution in [2.45, 2.75) is 24.6 Å². The van der Waals surface area contributed by atoms with Crippen molar-refractivity contribution in [2.24, 2.45) is 5.41 Å². The highest BCUT2D eigenvalue weighted by atomic mass is 35.5. The first-order chi connectivity index (χ1) is 9.87. The minimum Gasteiger partial charge on any atom is -0.331 e. The summed E-state index contributed by atoms with van der Waals surface area (Å²) in [6.45, 7) is 1.87. The van der Waals surface area contributed by atoms with Crippen LogP contribution >= 0.6 is 23.8 Å². The molecule has 0 aromatic carbocycles. The molecule has 3 N–H and O–H groups in total. The second-order valence-electron chi connectivity index (χ2n) is 5.19. The first-order valence-electron chi connectivity index (χ1n) is 6.43. The summed E-state index contributed by atoms with van der Waals surface area (Å²) >= 11 is 11.3. The van der Waals surface area contributed by atoms with Gasteiger partial charge < -0.3 is 5.32 Å². The second-order valence-corrected chi connectivity index (χ2v) is 6.42. The van der Waals surface area contributed by atoms with Gasteiger partial charge in [0.2, 0.25) is 0 Å². The van der Waals surface area contributed by atoms with Crippen LogP contribution in [0, 0.1) is 16.7 Å². The average molecular weight is 323 g/mol. The lowest BCUT2D eigenvalue weighted by Gasteiger charge is -2.13. The van der Waals surface area contributed by atoms with Gasteiger partial charge in [-0.3, -0.25) is 15.6 Å². The van der Waals surface area contributed by atoms with Gasteiger partial charge in [0, 0.05) is 5.70 Å². The Balaban J connectivity index is 1.83. The van der Waals surface area contributed by atoms with Crippen LogP contribution in [-0.4, -0.2) is 15.9 Å². The maximum absolute atomic E-state index is 11.8. The Morgan fingerprint density at radius 2 is 2.14 bits per heavy atom. The van der Waals surface area contributed by atoms with Crippen LogP contribution in [0.15, 0.2) is 36.1 Å². The van der Waals surface area contributed by atoms with Gasteiger partial charge in [0.25, 0.3) is 5.91 Å². The predicted molar refractivity (Wildman–Crippen MR) is 84.9 cm³/mol. The molecule has 5 nitrogen and oxygen atoms in total. The third-order valence-electron chi connectivity index (χ3n) is 3.23. The number of nitriles is 1. The lowest BCUT2D eigenvalue weighted by molar-refractivity contribution is -0.125. The molecule has 2 aliphatic carbocycles. The molecule has 0 saturated heterocycles. The second kappa shape index (κ2) is 5.88. The molecule has 1 fully saturated rings. The fourth-order valence-corrected chi connectivity index (χ4v) is 2.00. The molecule has 1 atom stereocenters. The monoisotopic (exact) mass is 322 g/mol. The lowest BCUT2D eigenvalue weighted by Crippen LogP contribution is -2.48. The van der Waals surface area contributed by atoms with Crippen molar-refractivity contribution in [1.82, 2.24) is 16.2 Å². The van der Waals surface area contributed by atoms with Crippen molar-refractivity contribution >= 4 is 34.8 Å². The third-order valence-corrected chi connectivity index (χ3v) is 3.69. The maximum atomic E-state index is 11.8. The minimum atomic E-state index is -0.882. The van der Waals surface area contributed by atoms with E-state index in [4.69, 9.17) is 29.1 Å². The Hall–Kier alpha value is -1.84.